The standard InChI is InChI=1S/C35H36N4O3S/c1-23-7-14-30(15-8-23)43(41,42)39-22-33(25-9-11-26(12-10-25)35(40)38(3)4)32-19-29(21-37-34(32)39)27-13-16-31(24(2)18-27)28-6-5-17-36-20-28/h7-16,18-19,21-22,28,36H,5-6,17,20H2,1-4H3. The molecule has 0 spiro atoms. The number of carbonyl (C=O) groups is 1. The number of hydrogen-bond donors (Lipinski definition) is 1. The van der Waals surface area contributed by atoms with Crippen LogP contribution in [0.5, 0.6) is 0 Å². The zero-order chi connectivity index (χ0) is 30.3. The number of benzene rings is 3. The third kappa shape index (κ3) is 5.48. The maximum atomic E-state index is 13.9. The Bertz CT molecular complexity index is 1920. The number of aryl methyl sites for hydroxylation is 2. The third-order valence-electron chi connectivity index (χ3n) is 8.38. The lowest BCUT2D eigenvalue weighted by atomic mass is 9.87. The second-order valence-corrected chi connectivity index (χ2v) is 13.5. The zero-order valence-electron chi connectivity index (χ0n) is 25.0. The van der Waals surface area contributed by atoms with Crippen molar-refractivity contribution in [3.63, 3.8) is 0 Å². The van der Waals surface area contributed by atoms with Gasteiger partial charge in [0.15, 0.2) is 5.65 Å². The van der Waals surface area contributed by atoms with E-state index in [4.69, 9.17) is 4.98 Å². The summed E-state index contributed by atoms with van der Waals surface area (Å²) in [5, 5.41) is 4.23. The van der Waals surface area contributed by atoms with E-state index in [9.17, 15) is 13.2 Å². The smallest absolute Gasteiger partial charge is 0.269 e. The summed E-state index contributed by atoms with van der Waals surface area (Å²) in [6, 6.07) is 22.7. The molecule has 43 heavy (non-hydrogen) atoms. The summed E-state index contributed by atoms with van der Waals surface area (Å²) < 4.78 is 29.0. The molecule has 3 aromatic carbocycles. The van der Waals surface area contributed by atoms with Crippen molar-refractivity contribution in [2.75, 3.05) is 27.2 Å². The van der Waals surface area contributed by atoms with Crippen LogP contribution in [0, 0.1) is 13.8 Å². The highest BCUT2D eigenvalue weighted by molar-refractivity contribution is 7.90. The first-order valence-corrected chi connectivity index (χ1v) is 16.0. The van der Waals surface area contributed by atoms with Crippen LogP contribution in [0.25, 0.3) is 33.3 Å². The lowest BCUT2D eigenvalue weighted by Crippen LogP contribution is -2.28. The van der Waals surface area contributed by atoms with E-state index in [0.29, 0.717) is 17.1 Å². The summed E-state index contributed by atoms with van der Waals surface area (Å²) in [4.78, 5) is 19.0. The number of nitrogens with one attached hydrogen (secondary N) is 1. The summed E-state index contributed by atoms with van der Waals surface area (Å²) in [5.41, 5.74) is 7.98. The minimum absolute atomic E-state index is 0.0947. The Morgan fingerprint density at radius 1 is 0.930 bits per heavy atom. The Hall–Kier alpha value is -4.27. The van der Waals surface area contributed by atoms with Crippen LogP contribution in [0.4, 0.5) is 0 Å². The predicted molar refractivity (Wildman–Crippen MR) is 172 cm³/mol. The van der Waals surface area contributed by atoms with E-state index in [-0.39, 0.29) is 10.8 Å². The highest BCUT2D eigenvalue weighted by Crippen LogP contribution is 2.36. The molecule has 1 aliphatic heterocycles. The van der Waals surface area contributed by atoms with Crippen molar-refractivity contribution in [2.45, 2.75) is 37.5 Å². The van der Waals surface area contributed by atoms with Crippen LogP contribution >= 0.6 is 0 Å². The Balaban J connectivity index is 1.48. The van der Waals surface area contributed by atoms with Gasteiger partial charge >= 0.3 is 0 Å². The molecule has 1 aliphatic rings. The summed E-state index contributed by atoms with van der Waals surface area (Å²) in [7, 11) is -0.486. The molecule has 5 aromatic rings. The molecule has 8 heteroatoms. The Morgan fingerprint density at radius 2 is 1.65 bits per heavy atom. The van der Waals surface area contributed by atoms with Gasteiger partial charge in [-0.3, -0.25) is 4.79 Å². The Labute approximate surface area is 253 Å². The first-order chi connectivity index (χ1) is 20.6. The summed E-state index contributed by atoms with van der Waals surface area (Å²) in [6.45, 7) is 6.16. The van der Waals surface area contributed by atoms with E-state index in [2.05, 4.69) is 30.4 Å². The van der Waals surface area contributed by atoms with Gasteiger partial charge in [-0.25, -0.2) is 17.4 Å². The molecular weight excluding hydrogens is 556 g/mol. The quantitative estimate of drug-likeness (QED) is 0.247. The third-order valence-corrected chi connectivity index (χ3v) is 10.0. The first-order valence-electron chi connectivity index (χ1n) is 14.6. The van der Waals surface area contributed by atoms with Gasteiger partial charge < -0.3 is 10.2 Å². The molecule has 1 N–H and O–H groups in total. The van der Waals surface area contributed by atoms with Gasteiger partial charge in [-0.15, -0.1) is 0 Å². The molecule has 1 unspecified atom stereocenters. The van der Waals surface area contributed by atoms with Crippen LogP contribution in [0.2, 0.25) is 0 Å². The lowest BCUT2D eigenvalue weighted by Gasteiger charge is -2.25. The maximum absolute atomic E-state index is 13.9. The van der Waals surface area contributed by atoms with E-state index >= 15 is 0 Å². The average Bonchev–Trinajstić information content (AvgIpc) is 3.41. The van der Waals surface area contributed by atoms with Gasteiger partial charge in [0.25, 0.3) is 15.9 Å². The number of aromatic nitrogens is 2. The summed E-state index contributed by atoms with van der Waals surface area (Å²) in [5.74, 6) is 0.418. The molecule has 220 valence electrons. The number of hydrogen-bond acceptors (Lipinski definition) is 5. The lowest BCUT2D eigenvalue weighted by molar-refractivity contribution is 0.0827. The van der Waals surface area contributed by atoms with Crippen LogP contribution < -0.4 is 5.32 Å². The van der Waals surface area contributed by atoms with E-state index in [1.54, 1.807) is 62.9 Å². The molecule has 7 nitrogen and oxygen atoms in total. The normalized spacial score (nSPS) is 15.5. The molecule has 1 amide bonds. The number of amides is 1. The zero-order valence-corrected chi connectivity index (χ0v) is 25.8. The molecule has 3 heterocycles. The van der Waals surface area contributed by atoms with E-state index in [1.807, 2.05) is 25.1 Å². The second kappa shape index (κ2) is 11.4. The van der Waals surface area contributed by atoms with Gasteiger partial charge in [0.1, 0.15) is 0 Å². The van der Waals surface area contributed by atoms with Crippen molar-refractivity contribution in [1.82, 2.24) is 19.2 Å². The van der Waals surface area contributed by atoms with Gasteiger partial charge in [-0.1, -0.05) is 48.0 Å². The number of rotatable bonds is 6. The SMILES string of the molecule is Cc1ccc(S(=O)(=O)n2cc(-c3ccc(C(=O)N(C)C)cc3)c3cc(-c4ccc(C5CCCNC5)c(C)c4)cnc32)cc1. The fourth-order valence-corrected chi connectivity index (χ4v) is 7.28. The first kappa shape index (κ1) is 28.8. The van der Waals surface area contributed by atoms with Gasteiger partial charge in [-0.2, -0.15) is 0 Å². The molecular formula is C35H36N4O3S. The minimum atomic E-state index is -3.92. The van der Waals surface area contributed by atoms with Crippen molar-refractivity contribution in [3.05, 3.63) is 107 Å². The topological polar surface area (TPSA) is 84.3 Å². The Kier molecular flexibility index (Phi) is 7.66. The molecule has 0 bridgehead atoms. The highest BCUT2D eigenvalue weighted by atomic mass is 32.2. The fourth-order valence-electron chi connectivity index (χ4n) is 5.96. The second-order valence-electron chi connectivity index (χ2n) is 11.6. The van der Waals surface area contributed by atoms with E-state index in [0.717, 1.165) is 46.3 Å². The van der Waals surface area contributed by atoms with Crippen LogP contribution in [-0.4, -0.2) is 55.4 Å². The van der Waals surface area contributed by atoms with Crippen molar-refractivity contribution in [2.24, 2.45) is 0 Å². The van der Waals surface area contributed by atoms with Gasteiger partial charge in [0.05, 0.1) is 4.90 Å². The van der Waals surface area contributed by atoms with Crippen molar-refractivity contribution in [3.8, 4) is 22.3 Å². The molecule has 6 rings (SSSR count). The minimum Gasteiger partial charge on any atom is -0.345 e. The van der Waals surface area contributed by atoms with Gasteiger partial charge in [0.2, 0.25) is 0 Å². The predicted octanol–water partition coefficient (Wildman–Crippen LogP) is 6.39. The Morgan fingerprint density at radius 3 is 2.30 bits per heavy atom. The van der Waals surface area contributed by atoms with Gasteiger partial charge in [-0.05, 0) is 91.7 Å². The average molecular weight is 593 g/mol. The summed E-state index contributed by atoms with van der Waals surface area (Å²) >= 11 is 0. The molecule has 2 aromatic heterocycles. The highest BCUT2D eigenvalue weighted by Gasteiger charge is 2.24. The van der Waals surface area contributed by atoms with Crippen molar-refractivity contribution in [1.29, 1.82) is 0 Å². The number of pyridine rings is 1. The van der Waals surface area contributed by atoms with Crippen molar-refractivity contribution >= 4 is 27.0 Å². The maximum Gasteiger partial charge on any atom is 0.269 e. The monoisotopic (exact) mass is 592 g/mol. The number of carbonyl (C=O) groups excluding carboxylic acids is 1. The molecule has 0 aliphatic carbocycles. The number of piperidine rings is 1. The fraction of sp³-hybridized carbons (Fsp3) is 0.257. The van der Waals surface area contributed by atoms with Crippen LogP contribution in [0.15, 0.2) is 90.1 Å². The molecule has 1 saturated heterocycles. The molecule has 0 radical (unpaired) electrons. The number of fused-ring (bicyclic) bond motifs is 1. The van der Waals surface area contributed by atoms with E-state index < -0.39 is 10.0 Å². The molecule has 1 atom stereocenters. The van der Waals surface area contributed by atoms with Gasteiger partial charge in [0, 0.05) is 55.1 Å². The largest absolute Gasteiger partial charge is 0.345 e. The van der Waals surface area contributed by atoms with Crippen LogP contribution in [0.3, 0.4) is 0 Å². The number of nitrogens with zero attached hydrogens (tertiary/aromatic N) is 3. The van der Waals surface area contributed by atoms with Crippen LogP contribution in [0.1, 0.15) is 45.8 Å². The van der Waals surface area contributed by atoms with E-state index in [1.165, 1.54) is 32.8 Å². The summed E-state index contributed by atoms with van der Waals surface area (Å²) in [6.07, 6.45) is 5.76. The molecule has 0 saturated carbocycles. The van der Waals surface area contributed by atoms with Crippen molar-refractivity contribution < 1.29 is 13.2 Å². The van der Waals surface area contributed by atoms with Crippen LogP contribution in [-0.2, 0) is 10.0 Å². The molecule has 1 fully saturated rings.